The third-order valence-electron chi connectivity index (χ3n) is 2.29. The van der Waals surface area contributed by atoms with E-state index in [1.807, 2.05) is 6.08 Å². The van der Waals surface area contributed by atoms with E-state index in [9.17, 15) is 4.79 Å². The molecule has 4 N–H and O–H groups in total. The predicted molar refractivity (Wildman–Crippen MR) is 64.3 cm³/mol. The SMILES string of the molecule is CCCCCCC/C=C/C(N)CC(N)=O. The summed E-state index contributed by atoms with van der Waals surface area (Å²) in [6.07, 6.45) is 11.6. The first kappa shape index (κ1) is 14.2. The van der Waals surface area contributed by atoms with Crippen LogP contribution in [0, 0.1) is 0 Å². The number of rotatable bonds is 9. The number of hydrogen-bond donors (Lipinski definition) is 2. The van der Waals surface area contributed by atoms with Gasteiger partial charge in [-0.15, -0.1) is 0 Å². The first-order chi connectivity index (χ1) is 7.16. The van der Waals surface area contributed by atoms with Crippen LogP contribution in [-0.4, -0.2) is 11.9 Å². The van der Waals surface area contributed by atoms with E-state index in [0.717, 1.165) is 6.42 Å². The lowest BCUT2D eigenvalue weighted by molar-refractivity contribution is -0.118. The van der Waals surface area contributed by atoms with Gasteiger partial charge in [-0.2, -0.15) is 0 Å². The maximum Gasteiger partial charge on any atom is 0.219 e. The Morgan fingerprint density at radius 2 is 1.93 bits per heavy atom. The van der Waals surface area contributed by atoms with Crippen molar-refractivity contribution >= 4 is 5.91 Å². The van der Waals surface area contributed by atoms with Gasteiger partial charge in [0, 0.05) is 12.5 Å². The predicted octanol–water partition coefficient (Wildman–Crippen LogP) is 2.11. The molecule has 0 aliphatic heterocycles. The molecule has 0 saturated carbocycles. The maximum atomic E-state index is 10.5. The molecule has 0 radical (unpaired) electrons. The Morgan fingerprint density at radius 3 is 2.53 bits per heavy atom. The Bertz CT molecular complexity index is 190. The van der Waals surface area contributed by atoms with Gasteiger partial charge in [0.15, 0.2) is 0 Å². The van der Waals surface area contributed by atoms with Crippen molar-refractivity contribution in [3.05, 3.63) is 12.2 Å². The summed E-state index contributed by atoms with van der Waals surface area (Å²) < 4.78 is 0. The van der Waals surface area contributed by atoms with Crippen LogP contribution in [0.15, 0.2) is 12.2 Å². The van der Waals surface area contributed by atoms with Gasteiger partial charge in [0.1, 0.15) is 0 Å². The Balaban J connectivity index is 3.33. The van der Waals surface area contributed by atoms with Crippen LogP contribution >= 0.6 is 0 Å². The molecule has 1 atom stereocenters. The summed E-state index contributed by atoms with van der Waals surface area (Å²) in [6.45, 7) is 2.21. The molecule has 0 aliphatic carbocycles. The molecule has 1 amide bonds. The van der Waals surface area contributed by atoms with E-state index in [0.29, 0.717) is 0 Å². The summed E-state index contributed by atoms with van der Waals surface area (Å²) in [5.74, 6) is -0.338. The van der Waals surface area contributed by atoms with Crippen LogP contribution in [0.1, 0.15) is 51.9 Å². The molecular formula is C12H24N2O. The highest BCUT2D eigenvalue weighted by molar-refractivity contribution is 5.74. The molecule has 3 nitrogen and oxygen atoms in total. The van der Waals surface area contributed by atoms with Crippen molar-refractivity contribution in [3.8, 4) is 0 Å². The lowest BCUT2D eigenvalue weighted by atomic mass is 10.1. The highest BCUT2D eigenvalue weighted by atomic mass is 16.1. The Labute approximate surface area is 92.9 Å². The zero-order chi connectivity index (χ0) is 11.5. The highest BCUT2D eigenvalue weighted by Crippen LogP contribution is 2.05. The van der Waals surface area contributed by atoms with Crippen LogP contribution in [0.3, 0.4) is 0 Å². The molecule has 0 heterocycles. The second-order valence-electron chi connectivity index (χ2n) is 3.97. The standard InChI is InChI=1S/C12H24N2O/c1-2-3-4-5-6-7-8-9-11(13)10-12(14)15/h8-9,11H,2-7,10,13H2,1H3,(H2,14,15)/b9-8+. The molecule has 0 bridgehead atoms. The third kappa shape index (κ3) is 11.1. The number of carbonyl (C=O) groups excluding carboxylic acids is 1. The van der Waals surface area contributed by atoms with Gasteiger partial charge in [-0.25, -0.2) is 0 Å². The molecule has 0 aliphatic rings. The van der Waals surface area contributed by atoms with E-state index in [4.69, 9.17) is 11.5 Å². The van der Waals surface area contributed by atoms with Gasteiger partial charge in [-0.05, 0) is 12.8 Å². The van der Waals surface area contributed by atoms with Crippen LogP contribution in [0.5, 0.6) is 0 Å². The van der Waals surface area contributed by atoms with E-state index in [1.54, 1.807) is 0 Å². The normalized spacial score (nSPS) is 13.2. The summed E-state index contributed by atoms with van der Waals surface area (Å²) in [6, 6.07) is -0.210. The Kier molecular flexibility index (Phi) is 9.18. The molecule has 0 fully saturated rings. The smallest absolute Gasteiger partial charge is 0.219 e. The number of nitrogens with two attached hydrogens (primary N) is 2. The van der Waals surface area contributed by atoms with Crippen molar-refractivity contribution in [1.29, 1.82) is 0 Å². The van der Waals surface area contributed by atoms with Crippen molar-refractivity contribution in [2.75, 3.05) is 0 Å². The molecule has 0 saturated heterocycles. The van der Waals surface area contributed by atoms with Crippen molar-refractivity contribution in [1.82, 2.24) is 0 Å². The molecule has 1 unspecified atom stereocenters. The molecular weight excluding hydrogens is 188 g/mol. The number of carbonyl (C=O) groups is 1. The van der Waals surface area contributed by atoms with Crippen molar-refractivity contribution < 1.29 is 4.79 Å². The average Bonchev–Trinajstić information content (AvgIpc) is 2.15. The zero-order valence-corrected chi connectivity index (χ0v) is 9.74. The third-order valence-corrected chi connectivity index (χ3v) is 2.29. The van der Waals surface area contributed by atoms with Crippen molar-refractivity contribution in [3.63, 3.8) is 0 Å². The fraction of sp³-hybridized carbons (Fsp3) is 0.750. The van der Waals surface area contributed by atoms with Gasteiger partial charge in [-0.1, -0.05) is 44.8 Å². The molecule has 0 aromatic rings. The first-order valence-corrected chi connectivity index (χ1v) is 5.87. The second kappa shape index (κ2) is 9.71. The van der Waals surface area contributed by atoms with Gasteiger partial charge in [0.25, 0.3) is 0 Å². The Hall–Kier alpha value is -0.830. The molecule has 88 valence electrons. The van der Waals surface area contributed by atoms with E-state index in [1.165, 1.54) is 32.1 Å². The highest BCUT2D eigenvalue weighted by Gasteiger charge is 2.00. The fourth-order valence-electron chi connectivity index (χ4n) is 1.44. The number of unbranched alkanes of at least 4 members (excludes halogenated alkanes) is 5. The van der Waals surface area contributed by atoms with Gasteiger partial charge in [-0.3, -0.25) is 4.79 Å². The molecule has 0 aromatic carbocycles. The fourth-order valence-corrected chi connectivity index (χ4v) is 1.44. The monoisotopic (exact) mass is 212 g/mol. The summed E-state index contributed by atoms with van der Waals surface area (Å²) in [7, 11) is 0. The van der Waals surface area contributed by atoms with Gasteiger partial charge in [0.2, 0.25) is 5.91 Å². The lowest BCUT2D eigenvalue weighted by Gasteiger charge is -2.02. The summed E-state index contributed by atoms with van der Waals surface area (Å²) in [5.41, 5.74) is 10.7. The maximum absolute atomic E-state index is 10.5. The van der Waals surface area contributed by atoms with Gasteiger partial charge >= 0.3 is 0 Å². The number of amides is 1. The van der Waals surface area contributed by atoms with Crippen molar-refractivity contribution in [2.45, 2.75) is 57.9 Å². The quantitative estimate of drug-likeness (QED) is 0.454. The van der Waals surface area contributed by atoms with E-state index < -0.39 is 0 Å². The first-order valence-electron chi connectivity index (χ1n) is 5.87. The number of primary amides is 1. The average molecular weight is 212 g/mol. The van der Waals surface area contributed by atoms with Crippen LogP contribution < -0.4 is 11.5 Å². The van der Waals surface area contributed by atoms with Gasteiger partial charge < -0.3 is 11.5 Å². The molecule has 3 heteroatoms. The van der Waals surface area contributed by atoms with Crippen LogP contribution in [-0.2, 0) is 4.79 Å². The van der Waals surface area contributed by atoms with Crippen molar-refractivity contribution in [2.24, 2.45) is 11.5 Å². The minimum Gasteiger partial charge on any atom is -0.370 e. The number of hydrogen-bond acceptors (Lipinski definition) is 2. The topological polar surface area (TPSA) is 69.1 Å². The second-order valence-corrected chi connectivity index (χ2v) is 3.97. The van der Waals surface area contributed by atoms with E-state index in [2.05, 4.69) is 13.0 Å². The molecule has 15 heavy (non-hydrogen) atoms. The lowest BCUT2D eigenvalue weighted by Crippen LogP contribution is -2.25. The van der Waals surface area contributed by atoms with Crippen LogP contribution in [0.4, 0.5) is 0 Å². The summed E-state index contributed by atoms with van der Waals surface area (Å²) in [4.78, 5) is 10.5. The van der Waals surface area contributed by atoms with Crippen LogP contribution in [0.2, 0.25) is 0 Å². The van der Waals surface area contributed by atoms with Crippen LogP contribution in [0.25, 0.3) is 0 Å². The number of allylic oxidation sites excluding steroid dienone is 1. The van der Waals surface area contributed by atoms with E-state index >= 15 is 0 Å². The largest absolute Gasteiger partial charge is 0.370 e. The summed E-state index contributed by atoms with van der Waals surface area (Å²) >= 11 is 0. The molecule has 0 rings (SSSR count). The minimum absolute atomic E-state index is 0.210. The minimum atomic E-state index is -0.338. The zero-order valence-electron chi connectivity index (χ0n) is 9.74. The molecule has 0 aromatic heterocycles. The summed E-state index contributed by atoms with van der Waals surface area (Å²) in [5, 5.41) is 0. The van der Waals surface area contributed by atoms with Gasteiger partial charge in [0.05, 0.1) is 0 Å². The molecule has 0 spiro atoms. The Morgan fingerprint density at radius 1 is 1.27 bits per heavy atom. The van der Waals surface area contributed by atoms with E-state index in [-0.39, 0.29) is 18.4 Å².